The summed E-state index contributed by atoms with van der Waals surface area (Å²) in [5.74, 6) is 3.64. The first-order valence-electron chi connectivity index (χ1n) is 10.7. The van der Waals surface area contributed by atoms with Crippen LogP contribution < -0.4 is 14.8 Å². The van der Waals surface area contributed by atoms with Crippen LogP contribution in [0, 0.1) is 5.92 Å². The van der Waals surface area contributed by atoms with Gasteiger partial charge < -0.3 is 29.9 Å². The second-order valence-corrected chi connectivity index (χ2v) is 8.24. The molecule has 2 bridgehead atoms. The highest BCUT2D eigenvalue weighted by atomic mass is 16.5. The van der Waals surface area contributed by atoms with E-state index in [0.29, 0.717) is 35.0 Å². The fraction of sp³-hybridized carbons (Fsp3) is 0.280. The first-order valence-corrected chi connectivity index (χ1v) is 10.7. The number of hydrogen-bond acceptors (Lipinski definition) is 6. The van der Waals surface area contributed by atoms with Gasteiger partial charge in [0.05, 0.1) is 5.69 Å². The van der Waals surface area contributed by atoms with E-state index in [1.54, 1.807) is 48.5 Å². The van der Waals surface area contributed by atoms with E-state index in [2.05, 4.69) is 10.2 Å². The van der Waals surface area contributed by atoms with E-state index in [0.717, 1.165) is 12.2 Å². The molecule has 0 saturated carbocycles. The minimum absolute atomic E-state index is 0.195. The molecule has 1 atom stereocenters. The summed E-state index contributed by atoms with van der Waals surface area (Å²) in [5, 5.41) is 22.8. The smallest absolute Gasteiger partial charge is 0.154 e. The Labute approximate surface area is 181 Å². The lowest BCUT2D eigenvalue weighted by Gasteiger charge is -2.45. The summed E-state index contributed by atoms with van der Waals surface area (Å²) < 4.78 is 12.1. The highest BCUT2D eigenvalue weighted by molar-refractivity contribution is 5.61. The molecule has 1 unspecified atom stereocenters. The maximum Gasteiger partial charge on any atom is 0.154 e. The summed E-state index contributed by atoms with van der Waals surface area (Å²) in [4.78, 5) is 2.51. The highest BCUT2D eigenvalue weighted by Crippen LogP contribution is 2.38. The maximum absolute atomic E-state index is 9.57. The third kappa shape index (κ3) is 4.54. The lowest BCUT2D eigenvalue weighted by Crippen LogP contribution is -2.53. The molecule has 6 nitrogen and oxygen atoms in total. The number of phenols is 2. The van der Waals surface area contributed by atoms with Crippen LogP contribution >= 0.6 is 0 Å². The maximum atomic E-state index is 9.57. The van der Waals surface area contributed by atoms with Crippen molar-refractivity contribution < 1.29 is 19.7 Å². The lowest BCUT2D eigenvalue weighted by molar-refractivity contribution is 0.0974. The Balaban J connectivity index is 1.41. The molecule has 0 amide bonds. The largest absolute Gasteiger partial charge is 0.508 e. The summed E-state index contributed by atoms with van der Waals surface area (Å²) in [6.45, 7) is 3.44. The van der Waals surface area contributed by atoms with Crippen molar-refractivity contribution >= 4 is 5.69 Å². The van der Waals surface area contributed by atoms with Crippen LogP contribution in [-0.2, 0) is 0 Å². The van der Waals surface area contributed by atoms with Crippen molar-refractivity contribution in [2.45, 2.75) is 18.9 Å². The van der Waals surface area contributed by atoms with Crippen molar-refractivity contribution in [3.05, 3.63) is 66.7 Å². The van der Waals surface area contributed by atoms with Crippen LogP contribution in [0.1, 0.15) is 12.8 Å². The Kier molecular flexibility index (Phi) is 5.30. The van der Waals surface area contributed by atoms with E-state index in [9.17, 15) is 10.2 Å². The predicted octanol–water partition coefficient (Wildman–Crippen LogP) is 5.19. The summed E-state index contributed by atoms with van der Waals surface area (Å²) in [6, 6.07) is 19.5. The van der Waals surface area contributed by atoms with Gasteiger partial charge in [-0.2, -0.15) is 0 Å². The van der Waals surface area contributed by atoms with Crippen molar-refractivity contribution in [2.75, 3.05) is 25.0 Å². The molecule has 6 rings (SSSR count). The van der Waals surface area contributed by atoms with E-state index >= 15 is 0 Å². The van der Waals surface area contributed by atoms with Crippen molar-refractivity contribution in [3.63, 3.8) is 0 Å². The molecule has 6 heteroatoms. The molecule has 3 saturated heterocycles. The van der Waals surface area contributed by atoms with Gasteiger partial charge in [0.2, 0.25) is 0 Å². The monoisotopic (exact) mass is 418 g/mol. The van der Waals surface area contributed by atoms with Crippen LogP contribution in [0.3, 0.4) is 0 Å². The Morgan fingerprint density at radius 1 is 0.742 bits per heavy atom. The molecule has 0 spiro atoms. The van der Waals surface area contributed by atoms with Crippen LogP contribution in [0.25, 0.3) is 0 Å². The van der Waals surface area contributed by atoms with Gasteiger partial charge in [-0.25, -0.2) is 0 Å². The number of piperidine rings is 3. The molecular formula is C25H26N2O4. The van der Waals surface area contributed by atoms with Gasteiger partial charge in [0.1, 0.15) is 28.7 Å². The number of phenolic OH excluding ortho intramolecular Hbond substituents is 2. The van der Waals surface area contributed by atoms with E-state index in [-0.39, 0.29) is 11.5 Å². The second-order valence-electron chi connectivity index (χ2n) is 8.24. The standard InChI is InChI=1S/C25H26N2O4/c28-18-1-5-20(6-2-18)30-22-9-10-23(26-24-16-27-13-11-17(24)12-14-27)25(15-22)31-21-7-3-19(29)4-8-21/h1-10,15,17,24,26,28-29H,11-14,16H2. The van der Waals surface area contributed by atoms with Gasteiger partial charge in [-0.1, -0.05) is 0 Å². The number of ether oxygens (including phenoxy) is 2. The first-order chi connectivity index (χ1) is 15.1. The average Bonchev–Trinajstić information content (AvgIpc) is 2.79. The Morgan fingerprint density at radius 3 is 1.90 bits per heavy atom. The van der Waals surface area contributed by atoms with Gasteiger partial charge in [-0.05, 0) is 92.5 Å². The second kappa shape index (κ2) is 8.40. The Hall–Kier alpha value is -3.38. The molecule has 0 aliphatic carbocycles. The molecular weight excluding hydrogens is 392 g/mol. The van der Waals surface area contributed by atoms with E-state index in [1.165, 1.54) is 25.9 Å². The molecule has 31 heavy (non-hydrogen) atoms. The van der Waals surface area contributed by atoms with Crippen molar-refractivity contribution in [1.29, 1.82) is 0 Å². The number of rotatable bonds is 6. The average molecular weight is 418 g/mol. The molecule has 3 N–H and O–H groups in total. The van der Waals surface area contributed by atoms with E-state index in [4.69, 9.17) is 9.47 Å². The normalized spacial score (nSPS) is 22.1. The third-order valence-corrected chi connectivity index (χ3v) is 6.09. The van der Waals surface area contributed by atoms with Gasteiger partial charge in [0.25, 0.3) is 0 Å². The summed E-state index contributed by atoms with van der Waals surface area (Å²) in [6.07, 6.45) is 2.46. The van der Waals surface area contributed by atoms with Crippen LogP contribution in [0.5, 0.6) is 34.5 Å². The minimum atomic E-state index is 0.195. The lowest BCUT2D eigenvalue weighted by atomic mass is 9.84. The summed E-state index contributed by atoms with van der Waals surface area (Å²) >= 11 is 0. The summed E-state index contributed by atoms with van der Waals surface area (Å²) in [7, 11) is 0. The first kappa shape index (κ1) is 19.6. The molecule has 0 aromatic heterocycles. The zero-order chi connectivity index (χ0) is 21.2. The molecule has 3 heterocycles. The third-order valence-electron chi connectivity index (χ3n) is 6.09. The number of anilines is 1. The van der Waals surface area contributed by atoms with Crippen LogP contribution in [0.4, 0.5) is 5.69 Å². The van der Waals surface area contributed by atoms with Crippen molar-refractivity contribution in [1.82, 2.24) is 4.90 Å². The quantitative estimate of drug-likeness (QED) is 0.512. The number of fused-ring (bicyclic) bond motifs is 3. The fourth-order valence-corrected chi connectivity index (χ4v) is 4.39. The number of aromatic hydroxyl groups is 2. The number of hydrogen-bond donors (Lipinski definition) is 3. The van der Waals surface area contributed by atoms with Crippen LogP contribution in [0.2, 0.25) is 0 Å². The van der Waals surface area contributed by atoms with Crippen LogP contribution in [0.15, 0.2) is 66.7 Å². The number of nitrogens with zero attached hydrogens (tertiary/aromatic N) is 1. The zero-order valence-electron chi connectivity index (χ0n) is 17.2. The molecule has 3 aromatic rings. The number of benzene rings is 3. The Bertz CT molecular complexity index is 1030. The van der Waals surface area contributed by atoms with Gasteiger partial charge in [-0.3, -0.25) is 0 Å². The highest BCUT2D eigenvalue weighted by Gasteiger charge is 2.34. The molecule has 3 aliphatic heterocycles. The fourth-order valence-electron chi connectivity index (χ4n) is 4.39. The number of nitrogens with one attached hydrogen (secondary N) is 1. The molecule has 3 aromatic carbocycles. The topological polar surface area (TPSA) is 74.2 Å². The van der Waals surface area contributed by atoms with Gasteiger partial charge in [-0.15, -0.1) is 0 Å². The van der Waals surface area contributed by atoms with Gasteiger partial charge >= 0.3 is 0 Å². The van der Waals surface area contributed by atoms with Gasteiger partial charge in [0, 0.05) is 18.7 Å². The van der Waals surface area contributed by atoms with E-state index < -0.39 is 0 Å². The van der Waals surface area contributed by atoms with Gasteiger partial charge in [0.15, 0.2) is 5.75 Å². The molecule has 3 aliphatic rings. The molecule has 3 fully saturated rings. The minimum Gasteiger partial charge on any atom is -0.508 e. The zero-order valence-corrected chi connectivity index (χ0v) is 17.2. The van der Waals surface area contributed by atoms with E-state index in [1.807, 2.05) is 18.2 Å². The Morgan fingerprint density at radius 2 is 1.32 bits per heavy atom. The molecule has 0 radical (unpaired) electrons. The summed E-state index contributed by atoms with van der Waals surface area (Å²) in [5.41, 5.74) is 0.921. The van der Waals surface area contributed by atoms with Crippen LogP contribution in [-0.4, -0.2) is 40.8 Å². The molecule has 160 valence electrons. The van der Waals surface area contributed by atoms with Crippen molar-refractivity contribution in [3.8, 4) is 34.5 Å². The van der Waals surface area contributed by atoms with Crippen molar-refractivity contribution in [2.24, 2.45) is 5.92 Å². The predicted molar refractivity (Wildman–Crippen MR) is 119 cm³/mol. The SMILES string of the molecule is Oc1ccc(Oc2ccc(NC3CN4CCC3CC4)c(Oc3ccc(O)cc3)c2)cc1.